The number of rotatable bonds is 4. The maximum absolute atomic E-state index is 13.0. The third-order valence-corrected chi connectivity index (χ3v) is 2.44. The largest absolute Gasteiger partial charge is 0.487 e. The average Bonchev–Trinajstić information content (AvgIpc) is 2.26. The molecule has 0 spiro atoms. The van der Waals surface area contributed by atoms with Crippen LogP contribution in [0.25, 0.3) is 0 Å². The first-order chi connectivity index (χ1) is 7.93. The zero-order valence-electron chi connectivity index (χ0n) is 11.1. The number of benzene rings is 1. The van der Waals surface area contributed by atoms with Crippen LogP contribution in [0, 0.1) is 0 Å². The maximum Gasteiger partial charge on any atom is 0.139 e. The van der Waals surface area contributed by atoms with Crippen molar-refractivity contribution in [3.8, 4) is 5.75 Å². The number of ether oxygens (including phenoxy) is 1. The second-order valence-electron chi connectivity index (χ2n) is 4.95. The first-order valence-corrected chi connectivity index (χ1v) is 5.71. The molecule has 1 rings (SSSR count). The van der Waals surface area contributed by atoms with Gasteiger partial charge in [0.15, 0.2) is 0 Å². The van der Waals surface area contributed by atoms with Gasteiger partial charge in [-0.15, -0.1) is 12.4 Å². The highest BCUT2D eigenvalue weighted by Gasteiger charge is 2.12. The van der Waals surface area contributed by atoms with E-state index in [1.54, 1.807) is 0 Å². The van der Waals surface area contributed by atoms with Gasteiger partial charge in [0.2, 0.25) is 0 Å². The molecule has 0 aliphatic carbocycles. The fraction of sp³-hybridized carbons (Fsp3) is 0.429. The predicted molar refractivity (Wildman–Crippen MR) is 76.1 cm³/mol. The number of halogens is 2. The Balaban J connectivity index is 0.00000289. The molecule has 0 aromatic heterocycles. The van der Waals surface area contributed by atoms with Crippen molar-refractivity contribution in [2.75, 3.05) is 13.2 Å². The van der Waals surface area contributed by atoms with Gasteiger partial charge in [0.05, 0.1) is 0 Å². The van der Waals surface area contributed by atoms with Crippen molar-refractivity contribution in [2.45, 2.75) is 26.2 Å². The molecule has 0 fully saturated rings. The van der Waals surface area contributed by atoms with Crippen LogP contribution >= 0.6 is 12.4 Å². The zero-order valence-corrected chi connectivity index (χ0v) is 11.9. The second-order valence-corrected chi connectivity index (χ2v) is 4.95. The molecule has 2 N–H and O–H groups in total. The van der Waals surface area contributed by atoms with Crippen LogP contribution in [0.2, 0.25) is 0 Å². The smallest absolute Gasteiger partial charge is 0.139 e. The monoisotopic (exact) mass is 273 g/mol. The Morgan fingerprint density at radius 2 is 1.83 bits per heavy atom. The molecule has 0 heterocycles. The van der Waals surface area contributed by atoms with Gasteiger partial charge in [-0.3, -0.25) is 0 Å². The molecule has 0 unspecified atom stereocenters. The van der Waals surface area contributed by atoms with Crippen LogP contribution in [0.3, 0.4) is 0 Å². The van der Waals surface area contributed by atoms with Gasteiger partial charge in [-0.2, -0.15) is 0 Å². The first kappa shape index (κ1) is 16.9. The summed E-state index contributed by atoms with van der Waals surface area (Å²) in [5, 5.41) is 0. The standard InChI is InChI=1S/C14H20FNO.ClH/c1-14(2,3)11-4-6-13(7-5-11)17-10-12(15)8-9-16;/h4-8H,9-10,16H2,1-3H3;1H/b12-8+;. The molecule has 0 bridgehead atoms. The van der Waals surface area contributed by atoms with Crippen LogP contribution in [0.5, 0.6) is 5.75 Å². The molecule has 0 aliphatic rings. The van der Waals surface area contributed by atoms with E-state index in [-0.39, 0.29) is 36.8 Å². The van der Waals surface area contributed by atoms with Crippen molar-refractivity contribution in [1.29, 1.82) is 0 Å². The Hall–Kier alpha value is -1.06. The minimum absolute atomic E-state index is 0. The lowest BCUT2D eigenvalue weighted by atomic mass is 9.87. The Morgan fingerprint density at radius 1 is 1.28 bits per heavy atom. The molecular weight excluding hydrogens is 253 g/mol. The van der Waals surface area contributed by atoms with Crippen molar-refractivity contribution in [3.05, 3.63) is 41.7 Å². The lowest BCUT2D eigenvalue weighted by Gasteiger charge is -2.19. The van der Waals surface area contributed by atoms with E-state index in [9.17, 15) is 4.39 Å². The quantitative estimate of drug-likeness (QED) is 0.910. The fourth-order valence-electron chi connectivity index (χ4n) is 1.39. The molecular formula is C14H21ClFNO. The van der Waals surface area contributed by atoms with Gasteiger partial charge in [0, 0.05) is 6.54 Å². The second kappa shape index (κ2) is 7.39. The lowest BCUT2D eigenvalue weighted by molar-refractivity contribution is 0.318. The van der Waals surface area contributed by atoms with Crippen molar-refractivity contribution < 1.29 is 9.13 Å². The van der Waals surface area contributed by atoms with Gasteiger partial charge in [-0.1, -0.05) is 32.9 Å². The summed E-state index contributed by atoms with van der Waals surface area (Å²) in [6.45, 7) is 6.57. The maximum atomic E-state index is 13.0. The van der Waals surface area contributed by atoms with Crippen molar-refractivity contribution in [2.24, 2.45) is 5.73 Å². The number of hydrogen-bond acceptors (Lipinski definition) is 2. The molecule has 0 atom stereocenters. The summed E-state index contributed by atoms with van der Waals surface area (Å²) in [7, 11) is 0. The topological polar surface area (TPSA) is 35.2 Å². The van der Waals surface area contributed by atoms with Gasteiger partial charge in [0.25, 0.3) is 0 Å². The Labute approximate surface area is 114 Å². The molecule has 0 saturated heterocycles. The van der Waals surface area contributed by atoms with E-state index in [1.165, 1.54) is 11.6 Å². The van der Waals surface area contributed by atoms with Crippen LogP contribution in [0.15, 0.2) is 36.2 Å². The number of hydrogen-bond donors (Lipinski definition) is 1. The van der Waals surface area contributed by atoms with Gasteiger partial charge in [0.1, 0.15) is 18.2 Å². The van der Waals surface area contributed by atoms with Crippen molar-refractivity contribution >= 4 is 12.4 Å². The SMILES string of the molecule is CC(C)(C)c1ccc(OC/C(F)=C\CN)cc1.Cl. The normalized spacial score (nSPS) is 11.9. The summed E-state index contributed by atoms with van der Waals surface area (Å²) in [5.41, 5.74) is 6.53. The summed E-state index contributed by atoms with van der Waals surface area (Å²) >= 11 is 0. The average molecular weight is 274 g/mol. The van der Waals surface area contributed by atoms with E-state index >= 15 is 0 Å². The highest BCUT2D eigenvalue weighted by molar-refractivity contribution is 5.85. The molecule has 0 radical (unpaired) electrons. The summed E-state index contributed by atoms with van der Waals surface area (Å²) in [4.78, 5) is 0. The highest BCUT2D eigenvalue weighted by Crippen LogP contribution is 2.24. The summed E-state index contributed by atoms with van der Waals surface area (Å²) in [6.07, 6.45) is 1.31. The predicted octanol–water partition coefficient (Wildman–Crippen LogP) is 3.60. The minimum Gasteiger partial charge on any atom is -0.487 e. The number of nitrogens with two attached hydrogens (primary N) is 1. The third kappa shape index (κ3) is 5.52. The molecule has 0 amide bonds. The van der Waals surface area contributed by atoms with E-state index in [2.05, 4.69) is 20.8 Å². The van der Waals surface area contributed by atoms with E-state index in [0.717, 1.165) is 0 Å². The molecule has 0 saturated carbocycles. The van der Waals surface area contributed by atoms with Crippen LogP contribution in [-0.4, -0.2) is 13.2 Å². The minimum atomic E-state index is -0.340. The van der Waals surface area contributed by atoms with E-state index in [1.807, 2.05) is 24.3 Å². The summed E-state index contributed by atoms with van der Waals surface area (Å²) < 4.78 is 18.3. The fourth-order valence-corrected chi connectivity index (χ4v) is 1.39. The highest BCUT2D eigenvalue weighted by atomic mass is 35.5. The lowest BCUT2D eigenvalue weighted by Crippen LogP contribution is -2.10. The van der Waals surface area contributed by atoms with Crippen molar-refractivity contribution in [1.82, 2.24) is 0 Å². The molecule has 102 valence electrons. The Morgan fingerprint density at radius 3 is 2.28 bits per heavy atom. The molecule has 1 aromatic carbocycles. The molecule has 1 aromatic rings. The van der Waals surface area contributed by atoms with E-state index in [0.29, 0.717) is 5.75 Å². The van der Waals surface area contributed by atoms with Crippen molar-refractivity contribution in [3.63, 3.8) is 0 Å². The molecule has 18 heavy (non-hydrogen) atoms. The van der Waals surface area contributed by atoms with Gasteiger partial charge in [-0.25, -0.2) is 4.39 Å². The van der Waals surface area contributed by atoms with Gasteiger partial charge in [-0.05, 0) is 29.2 Å². The molecule has 2 nitrogen and oxygen atoms in total. The first-order valence-electron chi connectivity index (χ1n) is 5.71. The summed E-state index contributed by atoms with van der Waals surface area (Å²) in [6, 6.07) is 7.71. The third-order valence-electron chi connectivity index (χ3n) is 2.44. The zero-order chi connectivity index (χ0) is 12.9. The molecule has 4 heteroatoms. The van der Waals surface area contributed by atoms with Crippen LogP contribution in [-0.2, 0) is 5.41 Å². The van der Waals surface area contributed by atoms with Gasteiger partial charge < -0.3 is 10.5 Å². The van der Waals surface area contributed by atoms with Gasteiger partial charge >= 0.3 is 0 Å². The Bertz CT molecular complexity index is 382. The Kier molecular flexibility index (Phi) is 6.96. The van der Waals surface area contributed by atoms with Crippen LogP contribution in [0.4, 0.5) is 4.39 Å². The van der Waals surface area contributed by atoms with E-state index in [4.69, 9.17) is 10.5 Å². The summed E-state index contributed by atoms with van der Waals surface area (Å²) in [5.74, 6) is 0.325. The van der Waals surface area contributed by atoms with E-state index < -0.39 is 0 Å². The molecule has 0 aliphatic heterocycles. The van der Waals surface area contributed by atoms with Crippen LogP contribution < -0.4 is 10.5 Å². The van der Waals surface area contributed by atoms with Crippen LogP contribution in [0.1, 0.15) is 26.3 Å².